The van der Waals surface area contributed by atoms with E-state index in [1.165, 1.54) is 0 Å². The van der Waals surface area contributed by atoms with Gasteiger partial charge in [-0.1, -0.05) is 12.1 Å². The number of thiocarbonyl (C=S) groups is 1. The number of rotatable bonds is 7. The van der Waals surface area contributed by atoms with Gasteiger partial charge in [-0.3, -0.25) is 0 Å². The van der Waals surface area contributed by atoms with Gasteiger partial charge in [-0.25, -0.2) is 4.79 Å². The highest BCUT2D eigenvalue weighted by atomic mass is 32.1. The standard InChI is InChI=1S/C19H29N3O4S/c1-4-26-19(23)21-11-9-15(10-12-21)22(13-14-24-2)18(27)20-16-7-5-6-8-17(16)25-3/h5-8,15H,4,9-14H2,1-3H3,(H,20,27). The lowest BCUT2D eigenvalue weighted by atomic mass is 10.0. The summed E-state index contributed by atoms with van der Waals surface area (Å²) in [7, 11) is 3.32. The van der Waals surface area contributed by atoms with Crippen LogP contribution in [0.25, 0.3) is 0 Å². The average molecular weight is 396 g/mol. The van der Waals surface area contributed by atoms with Crippen LogP contribution in [0.4, 0.5) is 10.5 Å². The van der Waals surface area contributed by atoms with Gasteiger partial charge in [0.25, 0.3) is 0 Å². The monoisotopic (exact) mass is 395 g/mol. The summed E-state index contributed by atoms with van der Waals surface area (Å²) >= 11 is 5.68. The number of piperidine rings is 1. The molecule has 1 aliphatic heterocycles. The zero-order chi connectivity index (χ0) is 19.6. The smallest absolute Gasteiger partial charge is 0.409 e. The number of ether oxygens (including phenoxy) is 3. The number of hydrogen-bond donors (Lipinski definition) is 1. The molecule has 7 nitrogen and oxygen atoms in total. The van der Waals surface area contributed by atoms with Crippen molar-refractivity contribution in [3.8, 4) is 5.75 Å². The zero-order valence-corrected chi connectivity index (χ0v) is 17.1. The molecule has 0 radical (unpaired) electrons. The SMILES string of the molecule is CCOC(=O)N1CCC(N(CCOC)C(=S)Nc2ccccc2OC)CC1. The van der Waals surface area contributed by atoms with Crippen LogP contribution in [0.2, 0.25) is 0 Å². The molecule has 1 aliphatic rings. The summed E-state index contributed by atoms with van der Waals surface area (Å²) in [5.41, 5.74) is 0.830. The second kappa shape index (κ2) is 10.9. The lowest BCUT2D eigenvalue weighted by Gasteiger charge is -2.39. The normalized spacial score (nSPS) is 14.6. The molecule has 2 rings (SSSR count). The average Bonchev–Trinajstić information content (AvgIpc) is 2.69. The van der Waals surface area contributed by atoms with E-state index in [0.717, 1.165) is 24.3 Å². The van der Waals surface area contributed by atoms with Crippen LogP contribution in [0, 0.1) is 0 Å². The van der Waals surface area contributed by atoms with Gasteiger partial charge in [0, 0.05) is 32.8 Å². The van der Waals surface area contributed by atoms with Crippen molar-refractivity contribution >= 4 is 29.1 Å². The maximum absolute atomic E-state index is 11.9. The fourth-order valence-corrected chi connectivity index (χ4v) is 3.50. The molecule has 1 saturated heterocycles. The molecule has 1 fully saturated rings. The number of methoxy groups -OCH3 is 2. The van der Waals surface area contributed by atoms with Crippen LogP contribution < -0.4 is 10.1 Å². The molecule has 0 bridgehead atoms. The van der Waals surface area contributed by atoms with E-state index in [4.69, 9.17) is 26.4 Å². The number of nitrogens with zero attached hydrogens (tertiary/aromatic N) is 2. The van der Waals surface area contributed by atoms with E-state index in [-0.39, 0.29) is 12.1 Å². The lowest BCUT2D eigenvalue weighted by Crippen LogP contribution is -2.50. The summed E-state index contributed by atoms with van der Waals surface area (Å²) < 4.78 is 15.7. The lowest BCUT2D eigenvalue weighted by molar-refractivity contribution is 0.0829. The Balaban J connectivity index is 2.02. The first-order valence-corrected chi connectivity index (χ1v) is 9.62. The number of para-hydroxylation sites is 2. The second-order valence-electron chi connectivity index (χ2n) is 6.23. The highest BCUT2D eigenvalue weighted by molar-refractivity contribution is 7.80. The second-order valence-corrected chi connectivity index (χ2v) is 6.62. The molecule has 0 unspecified atom stereocenters. The van der Waals surface area contributed by atoms with Crippen LogP contribution >= 0.6 is 12.2 Å². The van der Waals surface area contributed by atoms with Gasteiger partial charge in [0.05, 0.1) is 26.0 Å². The van der Waals surface area contributed by atoms with Crippen molar-refractivity contribution in [2.45, 2.75) is 25.8 Å². The van der Waals surface area contributed by atoms with Gasteiger partial charge in [-0.05, 0) is 44.1 Å². The number of carbonyl (C=O) groups is 1. The number of likely N-dealkylation sites (tertiary alicyclic amines) is 1. The third-order valence-corrected chi connectivity index (χ3v) is 4.91. The van der Waals surface area contributed by atoms with Crippen LogP contribution in [-0.4, -0.2) is 74.1 Å². The molecular formula is C19H29N3O4S. The summed E-state index contributed by atoms with van der Waals surface area (Å²) in [5, 5.41) is 3.92. The van der Waals surface area contributed by atoms with E-state index in [0.29, 0.717) is 38.0 Å². The van der Waals surface area contributed by atoms with Crippen molar-refractivity contribution in [3.05, 3.63) is 24.3 Å². The summed E-state index contributed by atoms with van der Waals surface area (Å²) in [6.07, 6.45) is 1.42. The molecule has 8 heteroatoms. The zero-order valence-electron chi connectivity index (χ0n) is 16.3. The van der Waals surface area contributed by atoms with Crippen molar-refractivity contribution < 1.29 is 19.0 Å². The van der Waals surface area contributed by atoms with Gasteiger partial charge in [0.15, 0.2) is 5.11 Å². The van der Waals surface area contributed by atoms with Crippen LogP contribution in [0.1, 0.15) is 19.8 Å². The van der Waals surface area contributed by atoms with Gasteiger partial charge in [0.2, 0.25) is 0 Å². The molecular weight excluding hydrogens is 366 g/mol. The van der Waals surface area contributed by atoms with Crippen molar-refractivity contribution in [3.63, 3.8) is 0 Å². The number of nitrogens with one attached hydrogen (secondary N) is 1. The van der Waals surface area contributed by atoms with Crippen molar-refractivity contribution in [2.24, 2.45) is 0 Å². The predicted octanol–water partition coefficient (Wildman–Crippen LogP) is 2.96. The first-order valence-electron chi connectivity index (χ1n) is 9.22. The molecule has 1 heterocycles. The molecule has 1 N–H and O–H groups in total. The maximum atomic E-state index is 11.9. The fourth-order valence-electron chi connectivity index (χ4n) is 3.15. The third kappa shape index (κ3) is 5.97. The number of hydrogen-bond acceptors (Lipinski definition) is 5. The van der Waals surface area contributed by atoms with Gasteiger partial charge in [0.1, 0.15) is 5.75 Å². The Morgan fingerprint density at radius 3 is 2.63 bits per heavy atom. The topological polar surface area (TPSA) is 63.3 Å². The van der Waals surface area contributed by atoms with Gasteiger partial charge >= 0.3 is 6.09 Å². The first kappa shape index (κ1) is 21.2. The Bertz CT molecular complexity index is 621. The van der Waals surface area contributed by atoms with Crippen molar-refractivity contribution in [2.75, 3.05) is 52.4 Å². The largest absolute Gasteiger partial charge is 0.495 e. The van der Waals surface area contributed by atoms with Crippen LogP contribution in [0.3, 0.4) is 0 Å². The number of benzene rings is 1. The highest BCUT2D eigenvalue weighted by Gasteiger charge is 2.29. The molecule has 1 amide bonds. The Morgan fingerprint density at radius 1 is 1.30 bits per heavy atom. The molecule has 27 heavy (non-hydrogen) atoms. The number of amides is 1. The molecule has 0 atom stereocenters. The molecule has 1 aromatic rings. The number of anilines is 1. The van der Waals surface area contributed by atoms with E-state index in [2.05, 4.69) is 10.2 Å². The summed E-state index contributed by atoms with van der Waals surface area (Å²) in [6.45, 7) is 4.78. The molecule has 0 aliphatic carbocycles. The summed E-state index contributed by atoms with van der Waals surface area (Å²) in [4.78, 5) is 15.8. The minimum Gasteiger partial charge on any atom is -0.495 e. The van der Waals surface area contributed by atoms with Gasteiger partial charge in [-0.2, -0.15) is 0 Å². The van der Waals surface area contributed by atoms with E-state index in [1.54, 1.807) is 19.1 Å². The minimum atomic E-state index is -0.242. The number of carbonyl (C=O) groups excluding carboxylic acids is 1. The minimum absolute atomic E-state index is 0.237. The molecule has 0 spiro atoms. The first-order chi connectivity index (χ1) is 13.1. The molecule has 0 aromatic heterocycles. The summed E-state index contributed by atoms with van der Waals surface area (Å²) in [5.74, 6) is 0.740. The molecule has 150 valence electrons. The fraction of sp³-hybridized carbons (Fsp3) is 0.579. The van der Waals surface area contributed by atoms with Crippen LogP contribution in [0.5, 0.6) is 5.75 Å². The molecule has 0 saturated carbocycles. The van der Waals surface area contributed by atoms with Crippen LogP contribution in [0.15, 0.2) is 24.3 Å². The highest BCUT2D eigenvalue weighted by Crippen LogP contribution is 2.25. The quantitative estimate of drug-likeness (QED) is 0.712. The van der Waals surface area contributed by atoms with E-state index >= 15 is 0 Å². The van der Waals surface area contributed by atoms with E-state index < -0.39 is 0 Å². The van der Waals surface area contributed by atoms with E-state index in [9.17, 15) is 4.79 Å². The van der Waals surface area contributed by atoms with Crippen molar-refractivity contribution in [1.82, 2.24) is 9.80 Å². The van der Waals surface area contributed by atoms with Gasteiger partial charge < -0.3 is 29.3 Å². The summed E-state index contributed by atoms with van der Waals surface area (Å²) in [6, 6.07) is 7.91. The van der Waals surface area contributed by atoms with Crippen molar-refractivity contribution in [1.29, 1.82) is 0 Å². The Labute approximate surface area is 166 Å². The Kier molecular flexibility index (Phi) is 8.60. The van der Waals surface area contributed by atoms with Crippen LogP contribution in [-0.2, 0) is 9.47 Å². The predicted molar refractivity (Wildman–Crippen MR) is 109 cm³/mol. The third-order valence-electron chi connectivity index (χ3n) is 4.58. The van der Waals surface area contributed by atoms with Gasteiger partial charge in [-0.15, -0.1) is 0 Å². The Hall–Kier alpha value is -2.06. The Morgan fingerprint density at radius 2 is 2.00 bits per heavy atom. The van der Waals surface area contributed by atoms with E-state index in [1.807, 2.05) is 31.2 Å². The molecule has 1 aromatic carbocycles. The maximum Gasteiger partial charge on any atom is 0.409 e.